The molecule has 2 aromatic carbocycles. The van der Waals surface area contributed by atoms with Gasteiger partial charge in [-0.25, -0.2) is 17.9 Å². The molecule has 0 spiro atoms. The van der Waals surface area contributed by atoms with Gasteiger partial charge in [0.2, 0.25) is 11.8 Å². The molecule has 2 aliphatic carbocycles. The van der Waals surface area contributed by atoms with Crippen molar-refractivity contribution >= 4 is 16.5 Å². The molecule has 6 rings (SSSR count). The molecule has 2 atom stereocenters. The zero-order valence-corrected chi connectivity index (χ0v) is 22.5. The second-order valence-corrected chi connectivity index (χ2v) is 13.9. The van der Waals surface area contributed by atoms with Gasteiger partial charge < -0.3 is 5.32 Å². The summed E-state index contributed by atoms with van der Waals surface area (Å²) in [4.78, 5) is 13.4. The summed E-state index contributed by atoms with van der Waals surface area (Å²) in [6, 6.07) is 13.6. The number of nitrogens with zero attached hydrogens (tertiary/aromatic N) is 2. The van der Waals surface area contributed by atoms with Crippen molar-refractivity contribution in [2.75, 3.05) is 11.5 Å². The summed E-state index contributed by atoms with van der Waals surface area (Å²) >= 11 is 0. The van der Waals surface area contributed by atoms with Crippen molar-refractivity contribution in [1.82, 2.24) is 15.1 Å². The number of halogens is 3. The van der Waals surface area contributed by atoms with Crippen molar-refractivity contribution in [1.29, 1.82) is 0 Å². The Bertz CT molecular complexity index is 1420. The lowest BCUT2D eigenvalue weighted by Gasteiger charge is -2.35. The van der Waals surface area contributed by atoms with Gasteiger partial charge >= 0.3 is 0 Å². The molecule has 2 unspecified atom stereocenters. The number of aromatic nitrogens is 2. The van der Waals surface area contributed by atoms with Crippen molar-refractivity contribution in [2.24, 2.45) is 5.92 Å². The van der Waals surface area contributed by atoms with E-state index in [1.165, 1.54) is 12.1 Å². The van der Waals surface area contributed by atoms with E-state index in [2.05, 4.69) is 5.32 Å². The van der Waals surface area contributed by atoms with Gasteiger partial charge in [-0.3, -0.25) is 13.9 Å². The van der Waals surface area contributed by atoms with Gasteiger partial charge in [-0.2, -0.15) is 15.7 Å². The van der Waals surface area contributed by atoms with Crippen LogP contribution >= 0.6 is 10.6 Å². The highest BCUT2D eigenvalue weighted by Gasteiger charge is 2.46. The van der Waals surface area contributed by atoms with Gasteiger partial charge in [0.15, 0.2) is 0 Å². The number of rotatable bonds is 5. The fourth-order valence-corrected chi connectivity index (χ4v) is 8.40. The first-order chi connectivity index (χ1) is 18.4. The monoisotopic (exact) mass is 559 g/mol. The van der Waals surface area contributed by atoms with Crippen LogP contribution < -0.4 is 5.32 Å². The van der Waals surface area contributed by atoms with Crippen LogP contribution in [0, 0.1) is 11.7 Å². The van der Waals surface area contributed by atoms with Crippen molar-refractivity contribution < 1.29 is 27.1 Å². The van der Waals surface area contributed by atoms with Crippen LogP contribution in [0.4, 0.5) is 13.2 Å². The molecule has 3 aliphatic rings. The molecule has 1 aromatic heterocycles. The van der Waals surface area contributed by atoms with E-state index >= 15 is 0 Å². The Hall–Kier alpha value is -2.82. The number of amides is 1. The summed E-state index contributed by atoms with van der Waals surface area (Å²) in [5.41, 5.74) is 4.34. The minimum absolute atomic E-state index is 0.124. The van der Waals surface area contributed by atoms with E-state index < -0.39 is 22.1 Å². The first kappa shape index (κ1) is 26.4. The van der Waals surface area contributed by atoms with Gasteiger partial charge in [0.25, 0.3) is 0 Å². The third kappa shape index (κ3) is 5.21. The zero-order chi connectivity index (χ0) is 27.6. The minimum atomic E-state index is -2.67. The van der Waals surface area contributed by atoms with Crippen molar-refractivity contribution in [3.63, 3.8) is 0 Å². The molecule has 1 aliphatic heterocycles. The molecular weight excluding hydrogens is 527 g/mol. The van der Waals surface area contributed by atoms with Crippen LogP contribution in [-0.4, -0.2) is 47.8 Å². The van der Waals surface area contributed by atoms with E-state index in [9.17, 15) is 27.1 Å². The Kier molecular flexibility index (Phi) is 6.35. The van der Waals surface area contributed by atoms with Crippen LogP contribution in [0.2, 0.25) is 0 Å². The number of hydrogen-bond donors (Lipinski definition) is 3. The first-order valence-corrected chi connectivity index (χ1v) is 15.2. The van der Waals surface area contributed by atoms with E-state index in [0.29, 0.717) is 31.4 Å². The first-order valence-electron chi connectivity index (χ1n) is 13.3. The SMILES string of the molecule is CC1(NC(=O)C2CCc3c(-c4cccc(C5CC(F)(F)C5)c4)nn(-c4ccc(F)cc4)c3C2)CCS(O)(O)C1. The quantitative estimate of drug-likeness (QED) is 0.341. The van der Waals surface area contributed by atoms with Crippen molar-refractivity contribution in [3.8, 4) is 16.9 Å². The lowest BCUT2D eigenvalue weighted by Crippen LogP contribution is -2.49. The van der Waals surface area contributed by atoms with E-state index in [-0.39, 0.29) is 47.9 Å². The maximum atomic E-state index is 13.7. The minimum Gasteiger partial charge on any atom is -0.349 e. The van der Waals surface area contributed by atoms with E-state index in [1.54, 1.807) is 16.8 Å². The number of hydrogen-bond acceptors (Lipinski definition) is 4. The van der Waals surface area contributed by atoms with Crippen LogP contribution in [-0.2, 0) is 17.6 Å². The topological polar surface area (TPSA) is 87.4 Å². The molecule has 2 heterocycles. The summed E-state index contributed by atoms with van der Waals surface area (Å²) in [7, 11) is -2.67. The van der Waals surface area contributed by atoms with Crippen molar-refractivity contribution in [2.45, 2.75) is 62.8 Å². The van der Waals surface area contributed by atoms with Gasteiger partial charge in [-0.15, -0.1) is 0 Å². The average molecular weight is 560 g/mol. The van der Waals surface area contributed by atoms with E-state index in [0.717, 1.165) is 28.1 Å². The van der Waals surface area contributed by atoms with E-state index in [1.807, 2.05) is 31.2 Å². The molecule has 39 heavy (non-hydrogen) atoms. The Balaban J connectivity index is 1.32. The fraction of sp³-hybridized carbons (Fsp3) is 0.448. The van der Waals surface area contributed by atoms with Crippen LogP contribution in [0.25, 0.3) is 16.9 Å². The van der Waals surface area contributed by atoms with Crippen LogP contribution in [0.3, 0.4) is 0 Å². The molecule has 208 valence electrons. The third-order valence-electron chi connectivity index (χ3n) is 8.39. The summed E-state index contributed by atoms with van der Waals surface area (Å²) in [5.74, 6) is -3.16. The zero-order valence-electron chi connectivity index (χ0n) is 21.7. The fourth-order valence-electron chi connectivity index (χ4n) is 6.24. The Labute approximate surface area is 227 Å². The second kappa shape index (κ2) is 9.38. The standard InChI is InChI=1S/C29H32F3N3O3S/c1-28(11-12-39(37,38)17-28)33-27(36)20-5-10-24-25(14-20)35(23-8-6-22(30)7-9-23)34-26(24)19-4-2-3-18(13-19)21-15-29(31,32)16-21/h2-4,6-9,13,20-21,37-38H,5,10-12,14-17H2,1H3,(H,33,36). The second-order valence-electron chi connectivity index (χ2n) is 11.6. The molecular formula is C29H32F3N3O3S. The molecule has 3 aromatic rings. The third-order valence-corrected chi connectivity index (χ3v) is 10.3. The highest BCUT2D eigenvalue weighted by Crippen LogP contribution is 2.50. The van der Waals surface area contributed by atoms with Gasteiger partial charge in [0.05, 0.1) is 22.7 Å². The highest BCUT2D eigenvalue weighted by molar-refractivity contribution is 8.24. The molecule has 0 bridgehead atoms. The number of nitrogens with one attached hydrogen (secondary N) is 1. The van der Waals surface area contributed by atoms with Gasteiger partial charge in [0, 0.05) is 47.8 Å². The summed E-state index contributed by atoms with van der Waals surface area (Å²) in [5, 5.41) is 7.99. The lowest BCUT2D eigenvalue weighted by atomic mass is 9.76. The maximum Gasteiger partial charge on any atom is 0.249 e. The van der Waals surface area contributed by atoms with Crippen molar-refractivity contribution in [3.05, 3.63) is 71.2 Å². The van der Waals surface area contributed by atoms with Gasteiger partial charge in [-0.05, 0) is 68.0 Å². The summed E-state index contributed by atoms with van der Waals surface area (Å²) in [6.07, 6.45) is 1.84. The molecule has 1 saturated carbocycles. The number of carbonyl (C=O) groups is 1. The molecule has 1 saturated heterocycles. The molecule has 0 radical (unpaired) electrons. The predicted octanol–water partition coefficient (Wildman–Crippen LogP) is 6.33. The Morgan fingerprint density at radius 3 is 2.56 bits per heavy atom. The number of carbonyl (C=O) groups excluding carboxylic acids is 1. The lowest BCUT2D eigenvalue weighted by molar-refractivity contribution is -0.126. The Morgan fingerprint density at radius 2 is 1.90 bits per heavy atom. The molecule has 1 amide bonds. The van der Waals surface area contributed by atoms with Gasteiger partial charge in [0.1, 0.15) is 5.82 Å². The molecule has 2 fully saturated rings. The largest absolute Gasteiger partial charge is 0.349 e. The normalized spacial score (nSPS) is 26.5. The van der Waals surface area contributed by atoms with Crippen LogP contribution in [0.1, 0.15) is 55.3 Å². The molecule has 10 heteroatoms. The predicted molar refractivity (Wildman–Crippen MR) is 145 cm³/mol. The van der Waals surface area contributed by atoms with E-state index in [4.69, 9.17) is 5.10 Å². The number of fused-ring (bicyclic) bond motifs is 1. The maximum absolute atomic E-state index is 13.7. The summed E-state index contributed by atoms with van der Waals surface area (Å²) < 4.78 is 62.7. The summed E-state index contributed by atoms with van der Waals surface area (Å²) in [6.45, 7) is 1.85. The van der Waals surface area contributed by atoms with Gasteiger partial charge in [-0.1, -0.05) is 18.2 Å². The molecule has 3 N–H and O–H groups in total. The number of alkyl halides is 2. The number of benzene rings is 2. The average Bonchev–Trinajstić information content (AvgIpc) is 3.38. The highest BCUT2D eigenvalue weighted by atomic mass is 32.3. The Morgan fingerprint density at radius 1 is 1.15 bits per heavy atom. The smallest absolute Gasteiger partial charge is 0.249 e. The van der Waals surface area contributed by atoms with Crippen LogP contribution in [0.5, 0.6) is 0 Å². The van der Waals surface area contributed by atoms with Crippen LogP contribution in [0.15, 0.2) is 48.5 Å². The molecule has 6 nitrogen and oxygen atoms in total.